The van der Waals surface area contributed by atoms with Gasteiger partial charge in [0.1, 0.15) is 11.8 Å². The minimum Gasteiger partial charge on any atom is -0.484 e. The van der Waals surface area contributed by atoms with Crippen molar-refractivity contribution in [3.8, 4) is 5.75 Å². The second-order valence-electron chi connectivity index (χ2n) is 4.95. The van der Waals surface area contributed by atoms with Crippen molar-refractivity contribution < 1.29 is 24.2 Å². The Bertz CT molecular complexity index is 541. The van der Waals surface area contributed by atoms with Crippen LogP contribution in [0.25, 0.3) is 0 Å². The van der Waals surface area contributed by atoms with Crippen LogP contribution in [0, 0.1) is 5.92 Å². The topological polar surface area (TPSA) is 119 Å². The average Bonchev–Trinajstić information content (AvgIpc) is 2.49. The Morgan fingerprint density at radius 2 is 1.86 bits per heavy atom. The van der Waals surface area contributed by atoms with Gasteiger partial charge in [-0.3, -0.25) is 9.59 Å². The van der Waals surface area contributed by atoms with Crippen molar-refractivity contribution in [1.82, 2.24) is 5.32 Å². The number of carboxylic acids is 1. The fourth-order valence-electron chi connectivity index (χ4n) is 1.76. The maximum Gasteiger partial charge on any atom is 0.326 e. The number of carboxylic acid groups (broad SMARTS) is 1. The number of nitrogens with one attached hydrogen (secondary N) is 1. The molecule has 1 rings (SSSR count). The molecule has 120 valence electrons. The van der Waals surface area contributed by atoms with E-state index in [2.05, 4.69) is 5.32 Å². The lowest BCUT2D eigenvalue weighted by Gasteiger charge is -2.20. The number of rotatable bonds is 8. The SMILES string of the molecule is CCC(C)C(NC(=O)c1ccc(OCC(N)=O)cc1)C(=O)O. The summed E-state index contributed by atoms with van der Waals surface area (Å²) in [6.45, 7) is 3.37. The van der Waals surface area contributed by atoms with Crippen LogP contribution in [-0.2, 0) is 9.59 Å². The van der Waals surface area contributed by atoms with Gasteiger partial charge in [-0.05, 0) is 30.2 Å². The van der Waals surface area contributed by atoms with Gasteiger partial charge in [0.15, 0.2) is 6.61 Å². The van der Waals surface area contributed by atoms with Crippen LogP contribution in [0.3, 0.4) is 0 Å². The van der Waals surface area contributed by atoms with Crippen molar-refractivity contribution in [2.24, 2.45) is 11.7 Å². The molecule has 2 unspecified atom stereocenters. The molecule has 2 atom stereocenters. The van der Waals surface area contributed by atoms with Gasteiger partial charge in [0.25, 0.3) is 11.8 Å². The largest absolute Gasteiger partial charge is 0.484 e. The van der Waals surface area contributed by atoms with Crippen molar-refractivity contribution in [3.63, 3.8) is 0 Å². The van der Waals surface area contributed by atoms with Crippen molar-refractivity contribution in [1.29, 1.82) is 0 Å². The number of hydrogen-bond donors (Lipinski definition) is 3. The molecular formula is C15H20N2O5. The molecule has 0 aromatic heterocycles. The highest BCUT2D eigenvalue weighted by molar-refractivity contribution is 5.96. The number of hydrogen-bond acceptors (Lipinski definition) is 4. The molecule has 0 radical (unpaired) electrons. The normalized spacial score (nSPS) is 13.0. The van der Waals surface area contributed by atoms with Crippen LogP contribution < -0.4 is 15.8 Å². The number of aliphatic carboxylic acids is 1. The highest BCUT2D eigenvalue weighted by Crippen LogP contribution is 2.13. The molecular weight excluding hydrogens is 288 g/mol. The molecule has 0 heterocycles. The van der Waals surface area contributed by atoms with E-state index >= 15 is 0 Å². The molecule has 0 saturated carbocycles. The van der Waals surface area contributed by atoms with Gasteiger partial charge in [0.2, 0.25) is 0 Å². The Labute approximate surface area is 128 Å². The van der Waals surface area contributed by atoms with Crippen molar-refractivity contribution in [3.05, 3.63) is 29.8 Å². The maximum atomic E-state index is 12.1. The van der Waals surface area contributed by atoms with Gasteiger partial charge in [0.05, 0.1) is 0 Å². The van der Waals surface area contributed by atoms with Gasteiger partial charge in [0, 0.05) is 5.56 Å². The Hall–Kier alpha value is -2.57. The zero-order valence-corrected chi connectivity index (χ0v) is 12.5. The molecule has 1 aromatic carbocycles. The molecule has 0 aliphatic rings. The van der Waals surface area contributed by atoms with Gasteiger partial charge < -0.3 is 20.9 Å². The van der Waals surface area contributed by atoms with Gasteiger partial charge in [-0.1, -0.05) is 20.3 Å². The lowest BCUT2D eigenvalue weighted by atomic mass is 9.99. The van der Waals surface area contributed by atoms with Crippen LogP contribution in [0.1, 0.15) is 30.6 Å². The minimum absolute atomic E-state index is 0.181. The van der Waals surface area contributed by atoms with Crippen LogP contribution in [0.15, 0.2) is 24.3 Å². The highest BCUT2D eigenvalue weighted by Gasteiger charge is 2.25. The molecule has 22 heavy (non-hydrogen) atoms. The fraction of sp³-hybridized carbons (Fsp3) is 0.400. The zero-order valence-electron chi connectivity index (χ0n) is 12.5. The molecule has 7 nitrogen and oxygen atoms in total. The first-order chi connectivity index (χ1) is 10.3. The Balaban J connectivity index is 2.72. The molecule has 0 fully saturated rings. The zero-order chi connectivity index (χ0) is 16.7. The van der Waals surface area contributed by atoms with E-state index in [0.717, 1.165) is 0 Å². The summed E-state index contributed by atoms with van der Waals surface area (Å²) in [7, 11) is 0. The third-order valence-electron chi connectivity index (χ3n) is 3.26. The van der Waals surface area contributed by atoms with Crippen LogP contribution in [0.2, 0.25) is 0 Å². The summed E-state index contributed by atoms with van der Waals surface area (Å²) in [5, 5.41) is 11.7. The van der Waals surface area contributed by atoms with Gasteiger partial charge in [-0.15, -0.1) is 0 Å². The van der Waals surface area contributed by atoms with Crippen LogP contribution in [0.4, 0.5) is 0 Å². The first-order valence-electron chi connectivity index (χ1n) is 6.90. The summed E-state index contributed by atoms with van der Waals surface area (Å²) in [6.07, 6.45) is 0.636. The van der Waals surface area contributed by atoms with E-state index < -0.39 is 23.8 Å². The number of ether oxygens (including phenoxy) is 1. The highest BCUT2D eigenvalue weighted by atomic mass is 16.5. The lowest BCUT2D eigenvalue weighted by molar-refractivity contribution is -0.140. The molecule has 0 saturated heterocycles. The van der Waals surface area contributed by atoms with E-state index in [1.165, 1.54) is 24.3 Å². The van der Waals surface area contributed by atoms with E-state index in [9.17, 15) is 14.4 Å². The van der Waals surface area contributed by atoms with Crippen molar-refractivity contribution in [2.45, 2.75) is 26.3 Å². The van der Waals surface area contributed by atoms with E-state index in [-0.39, 0.29) is 12.5 Å². The molecule has 4 N–H and O–H groups in total. The average molecular weight is 308 g/mol. The van der Waals surface area contributed by atoms with Gasteiger partial charge in [-0.25, -0.2) is 4.79 Å². The predicted molar refractivity (Wildman–Crippen MR) is 79.5 cm³/mol. The standard InChI is InChI=1S/C15H20N2O5/c1-3-9(2)13(15(20)21)17-14(19)10-4-6-11(7-5-10)22-8-12(16)18/h4-7,9,13H,3,8H2,1-2H3,(H2,16,18)(H,17,19)(H,20,21). The minimum atomic E-state index is -1.07. The second kappa shape index (κ2) is 8.02. The smallest absolute Gasteiger partial charge is 0.326 e. The molecule has 0 bridgehead atoms. The van der Waals surface area contributed by atoms with E-state index in [4.69, 9.17) is 15.6 Å². The fourth-order valence-corrected chi connectivity index (χ4v) is 1.76. The summed E-state index contributed by atoms with van der Waals surface area (Å²) in [5.41, 5.74) is 5.27. The Kier molecular flexibility index (Phi) is 6.37. The number of carbonyl (C=O) groups is 3. The lowest BCUT2D eigenvalue weighted by Crippen LogP contribution is -2.45. The molecule has 2 amide bonds. The summed E-state index contributed by atoms with van der Waals surface area (Å²) in [4.78, 5) is 33.9. The molecule has 0 spiro atoms. The first-order valence-corrected chi connectivity index (χ1v) is 6.90. The Morgan fingerprint density at radius 3 is 2.32 bits per heavy atom. The Morgan fingerprint density at radius 1 is 1.27 bits per heavy atom. The molecule has 1 aromatic rings. The third kappa shape index (κ3) is 5.08. The molecule has 0 aliphatic heterocycles. The van der Waals surface area contributed by atoms with E-state index in [0.29, 0.717) is 17.7 Å². The number of carbonyl (C=O) groups excluding carboxylic acids is 2. The summed E-state index contributed by atoms with van der Waals surface area (Å²) in [5.74, 6) is -1.93. The maximum absolute atomic E-state index is 12.1. The monoisotopic (exact) mass is 308 g/mol. The van der Waals surface area contributed by atoms with E-state index in [1.54, 1.807) is 6.92 Å². The van der Waals surface area contributed by atoms with E-state index in [1.807, 2.05) is 6.92 Å². The summed E-state index contributed by atoms with van der Waals surface area (Å²) < 4.78 is 5.08. The number of amides is 2. The number of benzene rings is 1. The van der Waals surface area contributed by atoms with Crippen LogP contribution >= 0.6 is 0 Å². The van der Waals surface area contributed by atoms with Crippen molar-refractivity contribution in [2.75, 3.05) is 6.61 Å². The van der Waals surface area contributed by atoms with Crippen LogP contribution in [0.5, 0.6) is 5.75 Å². The predicted octanol–water partition coefficient (Wildman–Crippen LogP) is 0.780. The summed E-state index contributed by atoms with van der Waals surface area (Å²) in [6, 6.07) is 5.05. The van der Waals surface area contributed by atoms with Crippen molar-refractivity contribution >= 4 is 17.8 Å². The molecule has 7 heteroatoms. The third-order valence-corrected chi connectivity index (χ3v) is 3.26. The second-order valence-corrected chi connectivity index (χ2v) is 4.95. The molecule has 0 aliphatic carbocycles. The van der Waals surface area contributed by atoms with Gasteiger partial charge in [-0.2, -0.15) is 0 Å². The summed E-state index contributed by atoms with van der Waals surface area (Å²) >= 11 is 0. The van der Waals surface area contributed by atoms with Gasteiger partial charge >= 0.3 is 5.97 Å². The number of nitrogens with two attached hydrogens (primary N) is 1. The quantitative estimate of drug-likeness (QED) is 0.655. The van der Waals surface area contributed by atoms with Crippen LogP contribution in [-0.4, -0.2) is 35.5 Å². The first kappa shape index (κ1) is 17.5. The number of primary amides is 1.